The minimum absolute atomic E-state index is 0.0353. The number of ketones is 1. The van der Waals surface area contributed by atoms with Crippen LogP contribution in [0.4, 0.5) is 0 Å². The van der Waals surface area contributed by atoms with Crippen molar-refractivity contribution in [3.63, 3.8) is 0 Å². The van der Waals surface area contributed by atoms with Crippen LogP contribution in [0.3, 0.4) is 0 Å². The lowest BCUT2D eigenvalue weighted by Gasteiger charge is -2.50. The molecular formula is C59H96N2O34. The Balaban J connectivity index is 0.854. The number of carbonyl (C=O) groups is 4. The van der Waals surface area contributed by atoms with Gasteiger partial charge in [0.1, 0.15) is 140 Å². The Morgan fingerprint density at radius 3 is 1.52 bits per heavy atom. The van der Waals surface area contributed by atoms with Gasteiger partial charge in [-0.1, -0.05) is 19.8 Å². The monoisotopic (exact) mass is 1380 g/mol. The molecule has 7 fully saturated rings. The predicted molar refractivity (Wildman–Crippen MR) is 308 cm³/mol. The summed E-state index contributed by atoms with van der Waals surface area (Å²) in [5.74, 6) is -2.12. The van der Waals surface area contributed by atoms with Gasteiger partial charge >= 0.3 is 0 Å². The number of nitrogens with one attached hydrogen (secondary N) is 1. The fraction of sp³-hybridized carbons (Fsp3) is 0.898. The van der Waals surface area contributed by atoms with E-state index in [1.165, 1.54) is 24.0 Å². The highest BCUT2D eigenvalue weighted by Crippen LogP contribution is 2.39. The van der Waals surface area contributed by atoms with Crippen LogP contribution in [0.15, 0.2) is 12.2 Å². The molecule has 0 radical (unpaired) electrons. The van der Waals surface area contributed by atoms with Gasteiger partial charge in [0.05, 0.1) is 51.8 Å². The molecule has 31 unspecified atom stereocenters. The molecule has 95 heavy (non-hydrogen) atoms. The highest BCUT2D eigenvalue weighted by atomic mass is 16.8. The maximum atomic E-state index is 13.0. The minimum Gasteiger partial charge on any atom is -0.394 e. The third-order valence-corrected chi connectivity index (χ3v) is 19.0. The van der Waals surface area contributed by atoms with Crippen molar-refractivity contribution >= 4 is 23.5 Å². The zero-order valence-corrected chi connectivity index (χ0v) is 52.5. The van der Waals surface area contributed by atoms with Gasteiger partial charge in [-0.25, -0.2) is 0 Å². The number of ether oxygens (including phenoxy) is 12. The molecular weight excluding hydrogens is 1280 g/mol. The van der Waals surface area contributed by atoms with E-state index < -0.39 is 236 Å². The van der Waals surface area contributed by atoms with Crippen LogP contribution in [0.1, 0.15) is 78.1 Å². The molecule has 1 saturated carbocycles. The zero-order chi connectivity index (χ0) is 69.3. The van der Waals surface area contributed by atoms with Crippen molar-refractivity contribution in [2.45, 2.75) is 262 Å². The van der Waals surface area contributed by atoms with E-state index in [-0.39, 0.29) is 42.5 Å². The lowest BCUT2D eigenvalue weighted by atomic mass is 9.79. The maximum absolute atomic E-state index is 13.0. The van der Waals surface area contributed by atoms with Crippen LogP contribution in [0.25, 0.3) is 0 Å². The van der Waals surface area contributed by atoms with Crippen LogP contribution in [-0.2, 0) is 76.0 Å². The van der Waals surface area contributed by atoms with E-state index in [9.17, 15) is 111 Å². The van der Waals surface area contributed by atoms with Crippen LogP contribution in [0.5, 0.6) is 0 Å². The van der Waals surface area contributed by atoms with E-state index in [1.807, 2.05) is 0 Å². The third-order valence-electron chi connectivity index (χ3n) is 19.0. The van der Waals surface area contributed by atoms with Crippen molar-refractivity contribution in [1.82, 2.24) is 10.2 Å². The summed E-state index contributed by atoms with van der Waals surface area (Å²) in [5, 5.41) is 199. The summed E-state index contributed by atoms with van der Waals surface area (Å²) in [4.78, 5) is 51.0. The number of rotatable bonds is 30. The van der Waals surface area contributed by atoms with Crippen LogP contribution in [0.2, 0.25) is 0 Å². The van der Waals surface area contributed by atoms with Crippen molar-refractivity contribution in [2.24, 2.45) is 17.8 Å². The van der Waals surface area contributed by atoms with E-state index in [2.05, 4.69) is 5.32 Å². The highest BCUT2D eigenvalue weighted by Gasteiger charge is 2.58. The fourth-order valence-electron chi connectivity index (χ4n) is 13.4. The first-order valence-corrected chi connectivity index (χ1v) is 32.3. The topological polar surface area (TPSA) is 558 Å². The van der Waals surface area contributed by atoms with Gasteiger partial charge in [-0.15, -0.1) is 0 Å². The molecule has 0 aromatic carbocycles. The summed E-state index contributed by atoms with van der Waals surface area (Å²) < 4.78 is 70.1. The molecule has 36 heteroatoms. The molecule has 3 amide bonds. The van der Waals surface area contributed by atoms with Crippen molar-refractivity contribution in [2.75, 3.05) is 52.8 Å². The Labute approximate surface area is 545 Å². The van der Waals surface area contributed by atoms with Crippen molar-refractivity contribution in [3.8, 4) is 0 Å². The van der Waals surface area contributed by atoms with Crippen LogP contribution in [-0.4, -0.2) is 357 Å². The average molecular weight is 1380 g/mol. The Bertz CT molecular complexity index is 2430. The number of amides is 3. The van der Waals surface area contributed by atoms with E-state index in [0.29, 0.717) is 51.5 Å². The summed E-state index contributed by atoms with van der Waals surface area (Å²) in [5.41, 5.74) is 0. The minimum atomic E-state index is -2.24. The fourth-order valence-corrected chi connectivity index (χ4v) is 13.4. The molecule has 19 N–H and O–H groups in total. The molecule has 6 saturated heterocycles. The second-order valence-electron chi connectivity index (χ2n) is 25.5. The Morgan fingerprint density at radius 1 is 0.537 bits per heavy atom. The van der Waals surface area contributed by atoms with Crippen LogP contribution < -0.4 is 5.32 Å². The maximum Gasteiger partial charge on any atom is 0.253 e. The first kappa shape index (κ1) is 77.6. The number of Topliss-reactive ketones (excluding diaryl/α,β-unsaturated/α-hetero) is 1. The number of aliphatic hydroxyl groups excluding tert-OH is 18. The summed E-state index contributed by atoms with van der Waals surface area (Å²) in [6, 6.07) is -1.80. The molecule has 1 aliphatic carbocycles. The molecule has 0 aromatic heterocycles. The zero-order valence-electron chi connectivity index (χ0n) is 52.5. The van der Waals surface area contributed by atoms with Gasteiger partial charge in [-0.05, 0) is 44.4 Å². The number of nitrogens with zero attached hydrogens (tertiary/aromatic N) is 1. The molecule has 8 rings (SSSR count). The normalized spacial score (nSPS) is 44.2. The molecule has 7 aliphatic heterocycles. The summed E-state index contributed by atoms with van der Waals surface area (Å²) in [6.45, 7) is -2.90. The van der Waals surface area contributed by atoms with Gasteiger partial charge in [0.25, 0.3) is 11.8 Å². The molecule has 8 aliphatic rings. The lowest BCUT2D eigenvalue weighted by Crippen LogP contribution is -2.70. The van der Waals surface area contributed by atoms with E-state index in [0.717, 1.165) is 19.8 Å². The van der Waals surface area contributed by atoms with Crippen molar-refractivity contribution in [1.29, 1.82) is 0 Å². The number of carbonyl (C=O) groups excluding carboxylic acids is 4. The van der Waals surface area contributed by atoms with Crippen LogP contribution >= 0.6 is 0 Å². The molecule has 31 atom stereocenters. The van der Waals surface area contributed by atoms with E-state index in [4.69, 9.17) is 56.8 Å². The Morgan fingerprint density at radius 2 is 0.989 bits per heavy atom. The second-order valence-corrected chi connectivity index (χ2v) is 25.5. The quantitative estimate of drug-likeness (QED) is 0.0235. The predicted octanol–water partition coefficient (Wildman–Crippen LogP) is -9.66. The van der Waals surface area contributed by atoms with Gasteiger partial charge in [-0.3, -0.25) is 24.1 Å². The first-order valence-electron chi connectivity index (χ1n) is 32.3. The number of hydrogen-bond donors (Lipinski definition) is 19. The summed E-state index contributed by atoms with van der Waals surface area (Å²) >= 11 is 0. The SMILES string of the molecule is CC(=O)NC1C(OC2C(O)C(CO)OC(OC3C(CO)OC(OC4C(CO)OC(OCCCCCCC(=O)C5CCC(CN6C(=O)C=CC6=O)CC5)C(O)C4O)C(O)C3O)C2O)OC(CO)C(O)C1OC1OC(CO)C(O)C(OC2CC(O)C(C)C(C(O)C(O)CO)O2)C1O. The number of imide groups is 1. The molecule has 7 heterocycles. The van der Waals surface area contributed by atoms with Crippen molar-refractivity contribution < 1.29 is 168 Å². The van der Waals surface area contributed by atoms with E-state index in [1.54, 1.807) is 0 Å². The Kier molecular flexibility index (Phi) is 28.9. The molecule has 0 spiro atoms. The number of hydrogen-bond acceptors (Lipinski definition) is 34. The molecule has 0 aromatic rings. The average Bonchev–Trinajstić information content (AvgIpc) is 1.69. The lowest BCUT2D eigenvalue weighted by molar-refractivity contribution is -0.390. The van der Waals surface area contributed by atoms with Gasteiger partial charge in [0.15, 0.2) is 37.7 Å². The van der Waals surface area contributed by atoms with Crippen molar-refractivity contribution in [3.05, 3.63) is 12.2 Å². The highest BCUT2D eigenvalue weighted by molar-refractivity contribution is 6.12. The molecule has 546 valence electrons. The second kappa shape index (κ2) is 35.4. The molecule has 36 nitrogen and oxygen atoms in total. The van der Waals surface area contributed by atoms with Gasteiger partial charge < -0.3 is 154 Å². The molecule has 0 bridgehead atoms. The third kappa shape index (κ3) is 18.3. The standard InChI is InChI=1S/C59H96N2O34/c1-23-28(70)15-37(90-49(23)39(74)29(71)17-62)91-53-41(76)31(19-64)87-59(47(53)82)94-52-38(60-24(2)68)55(85-30(18-63)40(52)75)95-54-42(77)32(20-65)86-58(48(54)83)93-51-34(22-67)89-57(46(81)44(51)79)92-50-33(21-66)88-56(45(80)43(50)78)84-14-6-4-3-5-7-27(69)26-10-8-25(9-11-26)16-61-35(72)12-13-36(61)73/h12-13,23,25-26,28-34,37-59,62-67,70-71,74-83H,3-11,14-22H2,1-2H3,(H,60,68). The summed E-state index contributed by atoms with van der Waals surface area (Å²) in [7, 11) is 0. The largest absolute Gasteiger partial charge is 0.394 e. The smallest absolute Gasteiger partial charge is 0.253 e. The van der Waals surface area contributed by atoms with Gasteiger partial charge in [-0.2, -0.15) is 0 Å². The number of aliphatic hydroxyl groups is 18. The van der Waals surface area contributed by atoms with Crippen LogP contribution in [0, 0.1) is 17.8 Å². The summed E-state index contributed by atoms with van der Waals surface area (Å²) in [6.07, 6.45) is -45.3. The number of unbranched alkanes of at least 4 members (excludes halogenated alkanes) is 3. The van der Waals surface area contributed by atoms with E-state index >= 15 is 0 Å². The first-order chi connectivity index (χ1) is 45.3. The van der Waals surface area contributed by atoms with Gasteiger partial charge in [0.2, 0.25) is 5.91 Å². The van der Waals surface area contributed by atoms with Gasteiger partial charge in [0, 0.05) is 56.9 Å². The Hall–Kier alpha value is -3.18.